The average molecular weight is 228 g/mol. The Morgan fingerprint density at radius 3 is 2.00 bits per heavy atom. The first-order valence-electron chi connectivity index (χ1n) is 5.57. The number of anilines is 1. The van der Waals surface area contributed by atoms with Crippen molar-refractivity contribution in [2.24, 2.45) is 0 Å². The Bertz CT molecular complexity index is 529. The van der Waals surface area contributed by atoms with E-state index in [2.05, 4.69) is 20.3 Å². The molecule has 0 atom stereocenters. The molecular weight excluding hydrogens is 212 g/mol. The van der Waals surface area contributed by atoms with Crippen molar-refractivity contribution in [2.75, 3.05) is 12.4 Å². The monoisotopic (exact) mass is 228 g/mol. The number of nitrogens with one attached hydrogen (secondary N) is 1. The normalized spacial score (nSPS) is 10.4. The first-order valence-corrected chi connectivity index (χ1v) is 5.57. The van der Waals surface area contributed by atoms with Gasteiger partial charge in [-0.1, -0.05) is 0 Å². The average Bonchev–Trinajstić information content (AvgIpc) is 2.26. The van der Waals surface area contributed by atoms with Crippen LogP contribution in [0.1, 0.15) is 17.1 Å². The van der Waals surface area contributed by atoms with Crippen molar-refractivity contribution in [2.45, 2.75) is 20.8 Å². The fourth-order valence-corrected chi connectivity index (χ4v) is 1.79. The lowest BCUT2D eigenvalue weighted by Gasteiger charge is -2.07. The molecule has 0 saturated carbocycles. The Hall–Kier alpha value is -1.97. The highest BCUT2D eigenvalue weighted by Crippen LogP contribution is 2.19. The Morgan fingerprint density at radius 1 is 0.824 bits per heavy atom. The summed E-state index contributed by atoms with van der Waals surface area (Å²) in [4.78, 5) is 13.3. The molecule has 0 amide bonds. The number of hydrogen-bond acceptors (Lipinski definition) is 4. The SMILES string of the molecule is CNc1cc(C)nc(-c2cc(C)nc(C)c2)n1. The molecule has 1 N–H and O–H groups in total. The summed E-state index contributed by atoms with van der Waals surface area (Å²) in [6.45, 7) is 5.92. The molecule has 0 aliphatic carbocycles. The van der Waals surface area contributed by atoms with Gasteiger partial charge in [0.1, 0.15) is 5.82 Å². The van der Waals surface area contributed by atoms with E-state index in [0.717, 1.165) is 34.3 Å². The number of nitrogens with zero attached hydrogens (tertiary/aromatic N) is 3. The number of rotatable bonds is 2. The maximum atomic E-state index is 4.46. The van der Waals surface area contributed by atoms with Crippen LogP contribution in [-0.2, 0) is 0 Å². The third-order valence-electron chi connectivity index (χ3n) is 2.45. The Labute approximate surface area is 101 Å². The quantitative estimate of drug-likeness (QED) is 0.858. The summed E-state index contributed by atoms with van der Waals surface area (Å²) in [6, 6.07) is 5.92. The molecule has 0 aromatic carbocycles. The minimum atomic E-state index is 0.739. The predicted octanol–water partition coefficient (Wildman–Crippen LogP) is 2.51. The summed E-state index contributed by atoms with van der Waals surface area (Å²) in [5, 5.41) is 3.04. The van der Waals surface area contributed by atoms with Gasteiger partial charge in [-0.05, 0) is 32.9 Å². The largest absolute Gasteiger partial charge is 0.373 e. The maximum Gasteiger partial charge on any atom is 0.161 e. The first kappa shape index (κ1) is 11.5. The molecule has 4 heteroatoms. The van der Waals surface area contributed by atoms with Crippen LogP contribution in [0.15, 0.2) is 18.2 Å². The van der Waals surface area contributed by atoms with Gasteiger partial charge >= 0.3 is 0 Å². The van der Waals surface area contributed by atoms with Gasteiger partial charge < -0.3 is 5.32 Å². The summed E-state index contributed by atoms with van der Waals surface area (Å²) >= 11 is 0. The highest BCUT2D eigenvalue weighted by atomic mass is 15.0. The van der Waals surface area contributed by atoms with Crippen LogP contribution in [0.3, 0.4) is 0 Å². The lowest BCUT2D eigenvalue weighted by atomic mass is 10.2. The van der Waals surface area contributed by atoms with Gasteiger partial charge in [-0.2, -0.15) is 0 Å². The van der Waals surface area contributed by atoms with Crippen LogP contribution >= 0.6 is 0 Å². The van der Waals surface area contributed by atoms with Crippen molar-refractivity contribution in [3.05, 3.63) is 35.3 Å². The van der Waals surface area contributed by atoms with Gasteiger partial charge in [0.15, 0.2) is 5.82 Å². The lowest BCUT2D eigenvalue weighted by molar-refractivity contribution is 1.08. The van der Waals surface area contributed by atoms with Gasteiger partial charge in [0, 0.05) is 35.8 Å². The summed E-state index contributed by atoms with van der Waals surface area (Å²) in [5.74, 6) is 1.57. The molecule has 4 nitrogen and oxygen atoms in total. The Kier molecular flexibility index (Phi) is 3.04. The Morgan fingerprint density at radius 2 is 1.41 bits per heavy atom. The van der Waals surface area contributed by atoms with Crippen LogP contribution in [0.25, 0.3) is 11.4 Å². The van der Waals surface area contributed by atoms with Crippen LogP contribution in [-0.4, -0.2) is 22.0 Å². The van der Waals surface area contributed by atoms with Gasteiger partial charge in [-0.3, -0.25) is 4.98 Å². The van der Waals surface area contributed by atoms with Crippen LogP contribution in [0, 0.1) is 20.8 Å². The van der Waals surface area contributed by atoms with E-state index in [1.807, 2.05) is 46.0 Å². The molecule has 2 aromatic heterocycles. The molecular formula is C13H16N4. The van der Waals surface area contributed by atoms with Crippen molar-refractivity contribution in [1.29, 1.82) is 0 Å². The van der Waals surface area contributed by atoms with Crippen LogP contribution in [0.4, 0.5) is 5.82 Å². The molecule has 2 rings (SSSR count). The zero-order chi connectivity index (χ0) is 12.4. The van der Waals surface area contributed by atoms with Crippen LogP contribution in [0.5, 0.6) is 0 Å². The molecule has 0 radical (unpaired) electrons. The Balaban J connectivity index is 2.55. The van der Waals surface area contributed by atoms with Gasteiger partial charge in [0.2, 0.25) is 0 Å². The number of aromatic nitrogens is 3. The number of hydrogen-bond donors (Lipinski definition) is 1. The molecule has 0 fully saturated rings. The lowest BCUT2D eigenvalue weighted by Crippen LogP contribution is -1.99. The van der Waals surface area contributed by atoms with Crippen molar-refractivity contribution < 1.29 is 0 Å². The van der Waals surface area contributed by atoms with E-state index >= 15 is 0 Å². The van der Waals surface area contributed by atoms with E-state index in [4.69, 9.17) is 0 Å². The topological polar surface area (TPSA) is 50.7 Å². The van der Waals surface area contributed by atoms with E-state index in [1.165, 1.54) is 0 Å². The molecule has 2 heterocycles. The zero-order valence-corrected chi connectivity index (χ0v) is 10.6. The van der Waals surface area contributed by atoms with Gasteiger partial charge in [0.25, 0.3) is 0 Å². The van der Waals surface area contributed by atoms with Crippen molar-refractivity contribution >= 4 is 5.82 Å². The molecule has 88 valence electrons. The molecule has 0 bridgehead atoms. The van der Waals surface area contributed by atoms with Gasteiger partial charge in [-0.15, -0.1) is 0 Å². The van der Waals surface area contributed by atoms with E-state index < -0.39 is 0 Å². The summed E-state index contributed by atoms with van der Waals surface area (Å²) in [7, 11) is 1.86. The van der Waals surface area contributed by atoms with Crippen molar-refractivity contribution in [3.8, 4) is 11.4 Å². The number of pyridine rings is 1. The fourth-order valence-electron chi connectivity index (χ4n) is 1.79. The van der Waals surface area contributed by atoms with Crippen molar-refractivity contribution in [3.63, 3.8) is 0 Å². The van der Waals surface area contributed by atoms with E-state index in [0.29, 0.717) is 0 Å². The third kappa shape index (κ3) is 2.58. The molecule has 0 aliphatic heterocycles. The second-order valence-corrected chi connectivity index (χ2v) is 4.11. The standard InChI is InChI=1S/C13H16N4/c1-8-5-11(6-9(2)15-8)13-16-10(3)7-12(14-4)17-13/h5-7H,1-4H3,(H,14,16,17). The third-order valence-corrected chi connectivity index (χ3v) is 2.45. The highest BCUT2D eigenvalue weighted by Gasteiger charge is 2.06. The van der Waals surface area contributed by atoms with Gasteiger partial charge in [-0.25, -0.2) is 9.97 Å². The predicted molar refractivity (Wildman–Crippen MR) is 69.0 cm³/mol. The molecule has 0 spiro atoms. The highest BCUT2D eigenvalue weighted by molar-refractivity contribution is 5.58. The fraction of sp³-hybridized carbons (Fsp3) is 0.308. The molecule has 0 aliphatic rings. The molecule has 0 unspecified atom stereocenters. The molecule has 0 saturated heterocycles. The van der Waals surface area contributed by atoms with Crippen LogP contribution in [0.2, 0.25) is 0 Å². The van der Waals surface area contributed by atoms with Crippen LogP contribution < -0.4 is 5.32 Å². The number of aryl methyl sites for hydroxylation is 3. The second-order valence-electron chi connectivity index (χ2n) is 4.11. The van der Waals surface area contributed by atoms with E-state index in [-0.39, 0.29) is 0 Å². The summed E-state index contributed by atoms with van der Waals surface area (Å²) in [5.41, 5.74) is 3.92. The van der Waals surface area contributed by atoms with E-state index in [9.17, 15) is 0 Å². The van der Waals surface area contributed by atoms with Crippen molar-refractivity contribution in [1.82, 2.24) is 15.0 Å². The summed E-state index contributed by atoms with van der Waals surface area (Å²) < 4.78 is 0. The minimum absolute atomic E-state index is 0.739. The second kappa shape index (κ2) is 4.49. The molecule has 17 heavy (non-hydrogen) atoms. The smallest absolute Gasteiger partial charge is 0.161 e. The maximum absolute atomic E-state index is 4.46. The van der Waals surface area contributed by atoms with E-state index in [1.54, 1.807) is 0 Å². The zero-order valence-electron chi connectivity index (χ0n) is 10.6. The summed E-state index contributed by atoms with van der Waals surface area (Å²) in [6.07, 6.45) is 0. The minimum Gasteiger partial charge on any atom is -0.373 e. The van der Waals surface area contributed by atoms with Gasteiger partial charge in [0.05, 0.1) is 0 Å². The first-order chi connectivity index (χ1) is 8.08. The molecule has 2 aromatic rings.